The summed E-state index contributed by atoms with van der Waals surface area (Å²) in [4.78, 5) is 16.9. The average molecular weight is 503 g/mol. The summed E-state index contributed by atoms with van der Waals surface area (Å²) in [5, 5.41) is 18.4. The Labute approximate surface area is 217 Å². The fourth-order valence-corrected chi connectivity index (χ4v) is 5.29. The maximum atomic E-state index is 12.5. The molecule has 4 rings (SSSR count). The van der Waals surface area contributed by atoms with Crippen molar-refractivity contribution in [1.29, 1.82) is 5.26 Å². The van der Waals surface area contributed by atoms with Crippen LogP contribution in [0, 0.1) is 11.3 Å². The van der Waals surface area contributed by atoms with Gasteiger partial charge in [0.1, 0.15) is 11.6 Å². The van der Waals surface area contributed by atoms with Gasteiger partial charge in [-0.2, -0.15) is 5.26 Å². The molecule has 1 aliphatic heterocycles. The number of nitriles is 1. The van der Waals surface area contributed by atoms with Crippen molar-refractivity contribution < 1.29 is 9.53 Å². The standard InChI is InChI=1S/C29H34N4O2S/c1-3-4-11-32-29(34)26(20-30)21(2)27-9-10-28(36-27)24-6-5-23-19-25(8-7-22(23)18-24)31-12-13-33-14-16-35-17-15-33/h5-10,18-19,31H,3-4,11-17H2,1-2H3,(H,32,34)/b26-21+. The lowest BCUT2D eigenvalue weighted by molar-refractivity contribution is -0.117. The van der Waals surface area contributed by atoms with Crippen LogP contribution in [0.1, 0.15) is 31.6 Å². The van der Waals surface area contributed by atoms with Gasteiger partial charge in [0.05, 0.1) is 13.2 Å². The Morgan fingerprint density at radius 1 is 1.08 bits per heavy atom. The number of fused-ring (bicyclic) bond motifs is 1. The van der Waals surface area contributed by atoms with E-state index >= 15 is 0 Å². The summed E-state index contributed by atoms with van der Waals surface area (Å²) in [5.41, 5.74) is 3.16. The molecular weight excluding hydrogens is 468 g/mol. The number of rotatable bonds is 10. The molecule has 0 spiro atoms. The molecule has 2 N–H and O–H groups in total. The van der Waals surface area contributed by atoms with E-state index in [1.165, 1.54) is 10.8 Å². The number of amides is 1. The first-order valence-corrected chi connectivity index (χ1v) is 13.5. The molecule has 0 atom stereocenters. The van der Waals surface area contributed by atoms with E-state index in [1.54, 1.807) is 11.3 Å². The van der Waals surface area contributed by atoms with Crippen molar-refractivity contribution in [2.24, 2.45) is 0 Å². The first-order valence-electron chi connectivity index (χ1n) is 12.7. The Balaban J connectivity index is 1.44. The second-order valence-corrected chi connectivity index (χ2v) is 10.1. The molecular formula is C29H34N4O2S. The fourth-order valence-electron chi connectivity index (χ4n) is 4.28. The van der Waals surface area contributed by atoms with E-state index in [1.807, 2.05) is 13.0 Å². The van der Waals surface area contributed by atoms with E-state index in [4.69, 9.17) is 4.74 Å². The second kappa shape index (κ2) is 12.7. The summed E-state index contributed by atoms with van der Waals surface area (Å²) in [6.45, 7) is 10.1. The number of carbonyl (C=O) groups excluding carboxylic acids is 1. The minimum Gasteiger partial charge on any atom is -0.384 e. The Morgan fingerprint density at radius 3 is 2.64 bits per heavy atom. The van der Waals surface area contributed by atoms with Gasteiger partial charge in [-0.15, -0.1) is 11.3 Å². The van der Waals surface area contributed by atoms with Crippen LogP contribution in [-0.2, 0) is 9.53 Å². The SMILES string of the molecule is CCCCNC(=O)/C(C#N)=C(\C)c1ccc(-c2ccc3cc(NCCN4CCOCC4)ccc3c2)s1. The van der Waals surface area contributed by atoms with Gasteiger partial charge < -0.3 is 15.4 Å². The minimum atomic E-state index is -0.293. The van der Waals surface area contributed by atoms with E-state index in [0.717, 1.165) is 78.8 Å². The van der Waals surface area contributed by atoms with Crippen molar-refractivity contribution in [2.75, 3.05) is 51.3 Å². The number of carbonyl (C=O) groups is 1. The highest BCUT2D eigenvalue weighted by atomic mass is 32.1. The molecule has 1 aliphatic rings. The van der Waals surface area contributed by atoms with Crippen molar-refractivity contribution in [3.8, 4) is 16.5 Å². The highest BCUT2D eigenvalue weighted by Gasteiger charge is 2.15. The number of morpholine rings is 1. The normalized spacial score (nSPS) is 14.8. The monoisotopic (exact) mass is 502 g/mol. The molecule has 1 aromatic heterocycles. The van der Waals surface area contributed by atoms with Gasteiger partial charge in [-0.3, -0.25) is 9.69 Å². The zero-order chi connectivity index (χ0) is 25.3. The molecule has 1 amide bonds. The molecule has 188 valence electrons. The summed E-state index contributed by atoms with van der Waals surface area (Å²) in [5.74, 6) is -0.293. The summed E-state index contributed by atoms with van der Waals surface area (Å²) in [6.07, 6.45) is 1.90. The largest absolute Gasteiger partial charge is 0.384 e. The predicted molar refractivity (Wildman–Crippen MR) is 149 cm³/mol. The minimum absolute atomic E-state index is 0.187. The summed E-state index contributed by atoms with van der Waals surface area (Å²) in [6, 6.07) is 19.1. The van der Waals surface area contributed by atoms with Gasteiger partial charge in [-0.05, 0) is 65.6 Å². The predicted octanol–water partition coefficient (Wildman–Crippen LogP) is 5.53. The van der Waals surface area contributed by atoms with Crippen LogP contribution in [0.15, 0.2) is 54.1 Å². The van der Waals surface area contributed by atoms with Gasteiger partial charge in [0.2, 0.25) is 0 Å². The van der Waals surface area contributed by atoms with Gasteiger partial charge in [-0.25, -0.2) is 0 Å². The maximum Gasteiger partial charge on any atom is 0.262 e. The van der Waals surface area contributed by atoms with Crippen molar-refractivity contribution in [1.82, 2.24) is 10.2 Å². The van der Waals surface area contributed by atoms with E-state index in [0.29, 0.717) is 6.54 Å². The molecule has 6 nitrogen and oxygen atoms in total. The molecule has 1 fully saturated rings. The molecule has 7 heteroatoms. The topological polar surface area (TPSA) is 77.4 Å². The van der Waals surface area contributed by atoms with Crippen LogP contribution in [0.5, 0.6) is 0 Å². The zero-order valence-electron chi connectivity index (χ0n) is 21.1. The lowest BCUT2D eigenvalue weighted by atomic mass is 10.1. The van der Waals surface area contributed by atoms with Crippen molar-refractivity contribution in [3.05, 3.63) is 59.0 Å². The number of ether oxygens (including phenoxy) is 1. The Hall–Kier alpha value is -3.18. The number of unbranched alkanes of at least 4 members (excludes halogenated alkanes) is 1. The van der Waals surface area contributed by atoms with Crippen molar-refractivity contribution in [3.63, 3.8) is 0 Å². The van der Waals surface area contributed by atoms with Crippen LogP contribution in [-0.4, -0.2) is 56.7 Å². The first-order chi connectivity index (χ1) is 17.6. The third-order valence-corrected chi connectivity index (χ3v) is 7.74. The zero-order valence-corrected chi connectivity index (χ0v) is 21.9. The lowest BCUT2D eigenvalue weighted by Gasteiger charge is -2.26. The Kier molecular flexibility index (Phi) is 9.12. The average Bonchev–Trinajstić information content (AvgIpc) is 3.40. The first kappa shape index (κ1) is 25.9. The molecule has 3 aromatic rings. The smallest absolute Gasteiger partial charge is 0.262 e. The van der Waals surface area contributed by atoms with Crippen LogP contribution in [0.4, 0.5) is 5.69 Å². The Bertz CT molecular complexity index is 1270. The van der Waals surface area contributed by atoms with Gasteiger partial charge in [0.25, 0.3) is 5.91 Å². The van der Waals surface area contributed by atoms with Crippen molar-refractivity contribution >= 4 is 39.3 Å². The molecule has 0 radical (unpaired) electrons. The third kappa shape index (κ3) is 6.52. The van der Waals surface area contributed by atoms with E-state index in [2.05, 4.69) is 71.0 Å². The highest BCUT2D eigenvalue weighted by Crippen LogP contribution is 2.34. The van der Waals surface area contributed by atoms with Crippen LogP contribution in [0.2, 0.25) is 0 Å². The van der Waals surface area contributed by atoms with E-state index in [-0.39, 0.29) is 11.5 Å². The Morgan fingerprint density at radius 2 is 1.86 bits per heavy atom. The molecule has 0 unspecified atom stereocenters. The fraction of sp³-hybridized carbons (Fsp3) is 0.379. The van der Waals surface area contributed by atoms with Gasteiger partial charge in [-0.1, -0.05) is 31.5 Å². The maximum absolute atomic E-state index is 12.5. The number of benzene rings is 2. The summed E-state index contributed by atoms with van der Waals surface area (Å²) < 4.78 is 5.42. The number of allylic oxidation sites excluding steroid dienone is 1. The van der Waals surface area contributed by atoms with E-state index < -0.39 is 0 Å². The number of hydrogen-bond acceptors (Lipinski definition) is 6. The number of nitrogens with one attached hydrogen (secondary N) is 2. The lowest BCUT2D eigenvalue weighted by Crippen LogP contribution is -2.38. The number of nitrogens with zero attached hydrogens (tertiary/aromatic N) is 2. The van der Waals surface area contributed by atoms with Gasteiger partial charge in [0, 0.05) is 48.2 Å². The molecule has 2 aromatic carbocycles. The second-order valence-electron chi connectivity index (χ2n) is 9.04. The van der Waals surface area contributed by atoms with Gasteiger partial charge in [0.15, 0.2) is 0 Å². The molecule has 1 saturated heterocycles. The number of hydrogen-bond donors (Lipinski definition) is 2. The van der Waals surface area contributed by atoms with Gasteiger partial charge >= 0.3 is 0 Å². The van der Waals surface area contributed by atoms with Crippen LogP contribution in [0.25, 0.3) is 26.8 Å². The molecule has 0 saturated carbocycles. The van der Waals surface area contributed by atoms with Crippen molar-refractivity contribution in [2.45, 2.75) is 26.7 Å². The molecule has 2 heterocycles. The van der Waals surface area contributed by atoms with E-state index in [9.17, 15) is 10.1 Å². The highest BCUT2D eigenvalue weighted by molar-refractivity contribution is 7.16. The summed E-state index contributed by atoms with van der Waals surface area (Å²) >= 11 is 1.60. The van der Waals surface area contributed by atoms with Crippen LogP contribution < -0.4 is 10.6 Å². The number of anilines is 1. The molecule has 0 aliphatic carbocycles. The number of thiophene rings is 1. The van der Waals surface area contributed by atoms with Crippen LogP contribution >= 0.6 is 11.3 Å². The summed E-state index contributed by atoms with van der Waals surface area (Å²) in [7, 11) is 0. The quantitative estimate of drug-likeness (QED) is 0.217. The molecule has 0 bridgehead atoms. The van der Waals surface area contributed by atoms with Crippen LogP contribution in [0.3, 0.4) is 0 Å². The molecule has 36 heavy (non-hydrogen) atoms. The third-order valence-electron chi connectivity index (χ3n) is 6.49.